The van der Waals surface area contributed by atoms with Gasteiger partial charge in [-0.1, -0.05) is 18.9 Å². The third kappa shape index (κ3) is 4.04. The summed E-state index contributed by atoms with van der Waals surface area (Å²) in [5.74, 6) is -0.0987. The fourth-order valence-electron chi connectivity index (χ4n) is 2.25. The summed E-state index contributed by atoms with van der Waals surface area (Å²) in [4.78, 5) is 11.2. The first-order valence-electron chi connectivity index (χ1n) is 5.89. The van der Waals surface area contributed by atoms with E-state index in [1.54, 1.807) is 0 Å². The number of carbonyl (C=O) groups excluding carboxylic acids is 1. The van der Waals surface area contributed by atoms with Crippen molar-refractivity contribution >= 4 is 5.91 Å². The summed E-state index contributed by atoms with van der Waals surface area (Å²) in [5.41, 5.74) is 5.39. The third-order valence-electron chi connectivity index (χ3n) is 3.12. The van der Waals surface area contributed by atoms with Gasteiger partial charge in [0, 0.05) is 6.04 Å². The molecule has 0 aliphatic heterocycles. The van der Waals surface area contributed by atoms with Crippen molar-refractivity contribution in [2.24, 2.45) is 11.7 Å². The smallest absolute Gasteiger partial charge is 0.222 e. The molecule has 1 rings (SSSR count). The van der Waals surface area contributed by atoms with E-state index < -0.39 is 0 Å². The van der Waals surface area contributed by atoms with Crippen LogP contribution in [0.4, 0.5) is 0 Å². The molecule has 1 saturated carbocycles. The highest BCUT2D eigenvalue weighted by Gasteiger charge is 2.28. The molecule has 3 heteroatoms. The molecule has 1 aliphatic rings. The molecule has 0 saturated heterocycles. The molecule has 0 aromatic heterocycles. The maximum Gasteiger partial charge on any atom is 0.222 e. The molecule has 0 aromatic rings. The van der Waals surface area contributed by atoms with E-state index in [1.165, 1.54) is 6.42 Å². The van der Waals surface area contributed by atoms with Crippen LogP contribution in [0, 0.1) is 5.92 Å². The predicted molar refractivity (Wildman–Crippen MR) is 62.4 cm³/mol. The standard InChI is InChI=1S/C12H22N2O/c1-2-3-6-9-14-11-8-5-4-7-10(11)12(13)15/h2,10-11,14H,1,3-9H2,(H2,13,15). The Labute approximate surface area is 92.1 Å². The number of hydrogen-bond donors (Lipinski definition) is 2. The summed E-state index contributed by atoms with van der Waals surface area (Å²) in [6.07, 6.45) is 8.43. The molecule has 86 valence electrons. The van der Waals surface area contributed by atoms with Gasteiger partial charge in [0.05, 0.1) is 5.92 Å². The van der Waals surface area contributed by atoms with E-state index >= 15 is 0 Å². The second kappa shape index (κ2) is 6.62. The number of allylic oxidation sites excluding steroid dienone is 1. The molecule has 1 aliphatic carbocycles. The summed E-state index contributed by atoms with van der Waals surface area (Å²) in [6.45, 7) is 4.65. The summed E-state index contributed by atoms with van der Waals surface area (Å²) in [7, 11) is 0. The highest BCUT2D eigenvalue weighted by atomic mass is 16.1. The van der Waals surface area contributed by atoms with Gasteiger partial charge in [0.2, 0.25) is 5.91 Å². The molecular weight excluding hydrogens is 188 g/mol. The van der Waals surface area contributed by atoms with Gasteiger partial charge < -0.3 is 11.1 Å². The van der Waals surface area contributed by atoms with Crippen LogP contribution in [0.1, 0.15) is 38.5 Å². The SMILES string of the molecule is C=CCCCNC1CCCCC1C(N)=O. The first-order valence-corrected chi connectivity index (χ1v) is 5.89. The summed E-state index contributed by atoms with van der Waals surface area (Å²) in [5, 5.41) is 3.44. The van der Waals surface area contributed by atoms with E-state index in [0.29, 0.717) is 6.04 Å². The molecule has 0 bridgehead atoms. The average Bonchev–Trinajstić information content (AvgIpc) is 2.25. The first-order chi connectivity index (χ1) is 7.25. The van der Waals surface area contributed by atoms with Crippen molar-refractivity contribution in [2.75, 3.05) is 6.54 Å². The van der Waals surface area contributed by atoms with Crippen molar-refractivity contribution < 1.29 is 4.79 Å². The molecule has 0 aromatic carbocycles. The predicted octanol–water partition coefficient (Wildman–Crippen LogP) is 1.59. The van der Waals surface area contributed by atoms with Crippen molar-refractivity contribution in [1.82, 2.24) is 5.32 Å². The Morgan fingerprint density at radius 1 is 1.47 bits per heavy atom. The van der Waals surface area contributed by atoms with Gasteiger partial charge in [0.25, 0.3) is 0 Å². The number of hydrogen-bond acceptors (Lipinski definition) is 2. The minimum Gasteiger partial charge on any atom is -0.369 e. The summed E-state index contributed by atoms with van der Waals surface area (Å²) in [6, 6.07) is 0.307. The topological polar surface area (TPSA) is 55.1 Å². The number of unbranched alkanes of at least 4 members (excludes halogenated alkanes) is 1. The number of amides is 1. The largest absolute Gasteiger partial charge is 0.369 e. The van der Waals surface area contributed by atoms with E-state index in [9.17, 15) is 4.79 Å². The maximum absolute atomic E-state index is 11.2. The van der Waals surface area contributed by atoms with Crippen LogP contribution in [-0.2, 0) is 4.79 Å². The maximum atomic E-state index is 11.2. The Bertz CT molecular complexity index is 216. The van der Waals surface area contributed by atoms with Gasteiger partial charge in [-0.05, 0) is 32.2 Å². The van der Waals surface area contributed by atoms with Gasteiger partial charge >= 0.3 is 0 Å². The average molecular weight is 210 g/mol. The molecule has 1 amide bonds. The van der Waals surface area contributed by atoms with Gasteiger partial charge in [-0.25, -0.2) is 0 Å². The molecule has 0 radical (unpaired) electrons. The molecule has 1 fully saturated rings. The number of rotatable bonds is 6. The monoisotopic (exact) mass is 210 g/mol. The molecule has 2 unspecified atom stereocenters. The minimum atomic E-state index is -0.143. The molecule has 0 spiro atoms. The van der Waals surface area contributed by atoms with Gasteiger partial charge in [-0.15, -0.1) is 6.58 Å². The Morgan fingerprint density at radius 3 is 2.87 bits per heavy atom. The lowest BCUT2D eigenvalue weighted by Crippen LogP contribution is -2.45. The summed E-state index contributed by atoms with van der Waals surface area (Å²) < 4.78 is 0. The van der Waals surface area contributed by atoms with E-state index in [1.807, 2.05) is 6.08 Å². The van der Waals surface area contributed by atoms with Crippen LogP contribution in [0.15, 0.2) is 12.7 Å². The molecule has 2 atom stereocenters. The lowest BCUT2D eigenvalue weighted by molar-refractivity contribution is -0.123. The van der Waals surface area contributed by atoms with E-state index in [2.05, 4.69) is 11.9 Å². The second-order valence-electron chi connectivity index (χ2n) is 4.28. The first kappa shape index (κ1) is 12.2. The van der Waals surface area contributed by atoms with E-state index in [0.717, 1.165) is 38.6 Å². The van der Waals surface area contributed by atoms with Crippen LogP contribution in [-0.4, -0.2) is 18.5 Å². The number of carbonyl (C=O) groups is 1. The Kier molecular flexibility index (Phi) is 5.40. The zero-order chi connectivity index (χ0) is 11.1. The fraction of sp³-hybridized carbons (Fsp3) is 0.750. The molecule has 0 heterocycles. The van der Waals surface area contributed by atoms with E-state index in [-0.39, 0.29) is 11.8 Å². The van der Waals surface area contributed by atoms with Crippen LogP contribution in [0.25, 0.3) is 0 Å². The number of primary amides is 1. The van der Waals surface area contributed by atoms with Crippen molar-refractivity contribution in [3.63, 3.8) is 0 Å². The zero-order valence-corrected chi connectivity index (χ0v) is 9.37. The van der Waals surface area contributed by atoms with Crippen LogP contribution >= 0.6 is 0 Å². The molecule has 3 N–H and O–H groups in total. The number of nitrogens with two attached hydrogens (primary N) is 1. The molecular formula is C12H22N2O. The third-order valence-corrected chi connectivity index (χ3v) is 3.12. The highest BCUT2D eigenvalue weighted by molar-refractivity contribution is 5.77. The van der Waals surface area contributed by atoms with Gasteiger partial charge in [-0.3, -0.25) is 4.79 Å². The molecule has 3 nitrogen and oxygen atoms in total. The van der Waals surface area contributed by atoms with Gasteiger partial charge in [-0.2, -0.15) is 0 Å². The molecule has 15 heavy (non-hydrogen) atoms. The van der Waals surface area contributed by atoms with Gasteiger partial charge in [0.15, 0.2) is 0 Å². The van der Waals surface area contributed by atoms with Crippen molar-refractivity contribution in [2.45, 2.75) is 44.6 Å². The lowest BCUT2D eigenvalue weighted by Gasteiger charge is -2.30. The Balaban J connectivity index is 2.29. The Morgan fingerprint density at radius 2 is 2.20 bits per heavy atom. The Hall–Kier alpha value is -0.830. The highest BCUT2D eigenvalue weighted by Crippen LogP contribution is 2.24. The van der Waals surface area contributed by atoms with E-state index in [4.69, 9.17) is 5.73 Å². The quantitative estimate of drug-likeness (QED) is 0.516. The fourth-order valence-corrected chi connectivity index (χ4v) is 2.25. The van der Waals surface area contributed by atoms with Crippen LogP contribution < -0.4 is 11.1 Å². The van der Waals surface area contributed by atoms with Crippen molar-refractivity contribution in [1.29, 1.82) is 0 Å². The van der Waals surface area contributed by atoms with Crippen molar-refractivity contribution in [3.8, 4) is 0 Å². The lowest BCUT2D eigenvalue weighted by atomic mass is 9.84. The normalized spacial score (nSPS) is 26.1. The van der Waals surface area contributed by atoms with Crippen LogP contribution in [0.3, 0.4) is 0 Å². The minimum absolute atomic E-state index is 0.0440. The van der Waals surface area contributed by atoms with Crippen LogP contribution in [0.2, 0.25) is 0 Å². The van der Waals surface area contributed by atoms with Crippen molar-refractivity contribution in [3.05, 3.63) is 12.7 Å². The second-order valence-corrected chi connectivity index (χ2v) is 4.28. The van der Waals surface area contributed by atoms with Gasteiger partial charge in [0.1, 0.15) is 0 Å². The number of nitrogens with one attached hydrogen (secondary N) is 1. The zero-order valence-electron chi connectivity index (χ0n) is 9.37. The van der Waals surface area contributed by atoms with Crippen LogP contribution in [0.5, 0.6) is 0 Å². The summed E-state index contributed by atoms with van der Waals surface area (Å²) >= 11 is 0.